The maximum Gasteiger partial charge on any atom is 0.0466 e. The van der Waals surface area contributed by atoms with Crippen molar-refractivity contribution in [2.45, 2.75) is 25.7 Å². The van der Waals surface area contributed by atoms with Crippen molar-refractivity contribution >= 4 is 27.5 Å². The van der Waals surface area contributed by atoms with Crippen LogP contribution in [0.2, 0.25) is 5.02 Å². The largest absolute Gasteiger partial charge is 0.382 e. The number of ether oxygens (including phenoxy) is 1. The monoisotopic (exact) mass is 304 g/mol. The predicted octanol–water partition coefficient (Wildman–Crippen LogP) is 4.64. The van der Waals surface area contributed by atoms with E-state index in [1.54, 1.807) is 0 Å². The lowest BCUT2D eigenvalue weighted by atomic mass is 9.96. The zero-order valence-corrected chi connectivity index (χ0v) is 11.9. The molecule has 1 rings (SSSR count). The predicted molar refractivity (Wildman–Crippen MR) is 73.7 cm³/mol. The van der Waals surface area contributed by atoms with Crippen LogP contribution in [0.5, 0.6) is 0 Å². The fourth-order valence-electron chi connectivity index (χ4n) is 1.70. The first-order chi connectivity index (χ1) is 7.79. The van der Waals surface area contributed by atoms with Crippen LogP contribution in [0.4, 0.5) is 0 Å². The molecule has 1 nitrogen and oxygen atoms in total. The molecule has 0 aromatic heterocycles. The Morgan fingerprint density at radius 2 is 2.12 bits per heavy atom. The number of benzene rings is 1. The molecular formula is C13H18BrClO. The van der Waals surface area contributed by atoms with E-state index in [-0.39, 0.29) is 0 Å². The van der Waals surface area contributed by atoms with Gasteiger partial charge < -0.3 is 4.74 Å². The topological polar surface area (TPSA) is 9.23 Å². The van der Waals surface area contributed by atoms with Crippen LogP contribution in [-0.4, -0.2) is 18.5 Å². The fraction of sp³-hybridized carbons (Fsp3) is 0.538. The van der Waals surface area contributed by atoms with Crippen molar-refractivity contribution in [3.8, 4) is 0 Å². The summed E-state index contributed by atoms with van der Waals surface area (Å²) in [5.74, 6) is 0.481. The Hall–Kier alpha value is -0.0500. The van der Waals surface area contributed by atoms with Gasteiger partial charge in [-0.15, -0.1) is 0 Å². The van der Waals surface area contributed by atoms with Crippen LogP contribution in [-0.2, 0) is 4.74 Å². The molecule has 0 N–H and O–H groups in total. The van der Waals surface area contributed by atoms with Gasteiger partial charge >= 0.3 is 0 Å². The van der Waals surface area contributed by atoms with Gasteiger partial charge in [-0.05, 0) is 37.3 Å². The first-order valence-corrected chi connectivity index (χ1v) is 7.17. The molecular weight excluding hydrogens is 287 g/mol. The van der Waals surface area contributed by atoms with Crippen LogP contribution in [0.15, 0.2) is 24.3 Å². The van der Waals surface area contributed by atoms with Crippen molar-refractivity contribution in [1.82, 2.24) is 0 Å². The van der Waals surface area contributed by atoms with Gasteiger partial charge in [0, 0.05) is 23.6 Å². The van der Waals surface area contributed by atoms with Crippen LogP contribution < -0.4 is 0 Å². The Morgan fingerprint density at radius 1 is 1.38 bits per heavy atom. The molecule has 0 aliphatic rings. The molecule has 1 unspecified atom stereocenters. The molecule has 0 saturated heterocycles. The number of hydrogen-bond acceptors (Lipinski definition) is 1. The molecule has 3 heteroatoms. The molecule has 90 valence electrons. The van der Waals surface area contributed by atoms with Crippen LogP contribution >= 0.6 is 27.5 Å². The average molecular weight is 306 g/mol. The average Bonchev–Trinajstić information content (AvgIpc) is 2.31. The highest BCUT2D eigenvalue weighted by molar-refractivity contribution is 9.09. The first kappa shape index (κ1) is 14.0. The van der Waals surface area contributed by atoms with Crippen LogP contribution in [0.1, 0.15) is 31.2 Å². The van der Waals surface area contributed by atoms with E-state index in [4.69, 9.17) is 16.3 Å². The number of rotatable bonds is 7. The Kier molecular flexibility index (Phi) is 7.10. The second-order valence-corrected chi connectivity index (χ2v) is 4.77. The van der Waals surface area contributed by atoms with E-state index >= 15 is 0 Å². The number of alkyl halides is 1. The van der Waals surface area contributed by atoms with Crippen molar-refractivity contribution in [2.75, 3.05) is 18.5 Å². The number of halogens is 2. The van der Waals surface area contributed by atoms with Gasteiger partial charge in [0.25, 0.3) is 0 Å². The minimum Gasteiger partial charge on any atom is -0.382 e. The Morgan fingerprint density at radius 3 is 2.75 bits per heavy atom. The Bertz CT molecular complexity index is 304. The van der Waals surface area contributed by atoms with E-state index in [0.717, 1.165) is 36.4 Å². The Balaban J connectivity index is 2.51. The molecule has 0 heterocycles. The van der Waals surface area contributed by atoms with E-state index in [1.165, 1.54) is 5.56 Å². The summed E-state index contributed by atoms with van der Waals surface area (Å²) in [5.41, 5.74) is 1.23. The summed E-state index contributed by atoms with van der Waals surface area (Å²) in [7, 11) is 0. The lowest BCUT2D eigenvalue weighted by Crippen LogP contribution is -2.03. The molecule has 0 fully saturated rings. The highest BCUT2D eigenvalue weighted by Gasteiger charge is 2.12. The molecule has 0 spiro atoms. The maximum absolute atomic E-state index is 6.19. The van der Waals surface area contributed by atoms with Gasteiger partial charge in [-0.1, -0.05) is 45.7 Å². The summed E-state index contributed by atoms with van der Waals surface area (Å²) in [4.78, 5) is 0. The third-order valence-electron chi connectivity index (χ3n) is 2.58. The molecule has 0 bridgehead atoms. The molecule has 0 aliphatic carbocycles. The molecule has 0 amide bonds. The van der Waals surface area contributed by atoms with Crippen LogP contribution in [0, 0.1) is 0 Å². The highest BCUT2D eigenvalue weighted by atomic mass is 79.9. The molecule has 0 radical (unpaired) electrons. The fourth-order valence-corrected chi connectivity index (χ4v) is 2.66. The van der Waals surface area contributed by atoms with Gasteiger partial charge in [0.05, 0.1) is 0 Å². The molecule has 1 aromatic carbocycles. The summed E-state index contributed by atoms with van der Waals surface area (Å²) in [6.45, 7) is 3.66. The standard InChI is InChI=1S/C13H18BrClO/c1-2-16-9-5-6-11(10-14)12-7-3-4-8-13(12)15/h3-4,7-8,11H,2,5-6,9-10H2,1H3. The van der Waals surface area contributed by atoms with Gasteiger partial charge in [-0.2, -0.15) is 0 Å². The molecule has 16 heavy (non-hydrogen) atoms. The SMILES string of the molecule is CCOCCCC(CBr)c1ccccc1Cl. The van der Waals surface area contributed by atoms with Crippen molar-refractivity contribution in [3.05, 3.63) is 34.9 Å². The lowest BCUT2D eigenvalue weighted by molar-refractivity contribution is 0.142. The van der Waals surface area contributed by atoms with Gasteiger partial charge in [0.2, 0.25) is 0 Å². The maximum atomic E-state index is 6.19. The lowest BCUT2D eigenvalue weighted by Gasteiger charge is -2.15. The third-order valence-corrected chi connectivity index (χ3v) is 3.70. The summed E-state index contributed by atoms with van der Waals surface area (Å²) >= 11 is 9.74. The smallest absolute Gasteiger partial charge is 0.0466 e. The first-order valence-electron chi connectivity index (χ1n) is 5.67. The quantitative estimate of drug-likeness (QED) is 0.527. The normalized spacial score (nSPS) is 12.7. The van der Waals surface area contributed by atoms with E-state index in [2.05, 4.69) is 22.0 Å². The van der Waals surface area contributed by atoms with Gasteiger partial charge in [-0.25, -0.2) is 0 Å². The molecule has 1 aromatic rings. The zero-order chi connectivity index (χ0) is 11.8. The van der Waals surface area contributed by atoms with Crippen molar-refractivity contribution in [2.24, 2.45) is 0 Å². The second kappa shape index (κ2) is 8.10. The minimum absolute atomic E-state index is 0.481. The summed E-state index contributed by atoms with van der Waals surface area (Å²) in [5, 5.41) is 1.81. The van der Waals surface area contributed by atoms with Crippen molar-refractivity contribution in [3.63, 3.8) is 0 Å². The van der Waals surface area contributed by atoms with Crippen molar-refractivity contribution < 1.29 is 4.74 Å². The van der Waals surface area contributed by atoms with E-state index in [1.807, 2.05) is 25.1 Å². The van der Waals surface area contributed by atoms with Crippen LogP contribution in [0.25, 0.3) is 0 Å². The molecule has 0 aliphatic heterocycles. The van der Waals surface area contributed by atoms with Crippen LogP contribution in [0.3, 0.4) is 0 Å². The zero-order valence-electron chi connectivity index (χ0n) is 9.59. The third kappa shape index (κ3) is 4.44. The van der Waals surface area contributed by atoms with E-state index in [9.17, 15) is 0 Å². The van der Waals surface area contributed by atoms with E-state index in [0.29, 0.717) is 5.92 Å². The van der Waals surface area contributed by atoms with Gasteiger partial charge in [0.1, 0.15) is 0 Å². The van der Waals surface area contributed by atoms with Gasteiger partial charge in [0.15, 0.2) is 0 Å². The number of hydrogen-bond donors (Lipinski definition) is 0. The van der Waals surface area contributed by atoms with Gasteiger partial charge in [-0.3, -0.25) is 0 Å². The Labute approximate surface area is 111 Å². The minimum atomic E-state index is 0.481. The van der Waals surface area contributed by atoms with E-state index < -0.39 is 0 Å². The molecule has 1 atom stereocenters. The van der Waals surface area contributed by atoms with Crippen molar-refractivity contribution in [1.29, 1.82) is 0 Å². The summed E-state index contributed by atoms with van der Waals surface area (Å²) < 4.78 is 5.35. The highest BCUT2D eigenvalue weighted by Crippen LogP contribution is 2.29. The summed E-state index contributed by atoms with van der Waals surface area (Å²) in [6.07, 6.45) is 2.18. The molecule has 0 saturated carbocycles. The summed E-state index contributed by atoms with van der Waals surface area (Å²) in [6, 6.07) is 8.07. The second-order valence-electron chi connectivity index (χ2n) is 3.71.